The van der Waals surface area contributed by atoms with Crippen LogP contribution in [0.15, 0.2) is 30.3 Å². The number of benzene rings is 2. The second kappa shape index (κ2) is 5.36. The summed E-state index contributed by atoms with van der Waals surface area (Å²) in [6.07, 6.45) is 0.0705. The smallest absolute Gasteiger partial charge is 0.203 e. The molecule has 4 rings (SSSR count). The average molecular weight is 332 g/mol. The molecule has 1 spiro atoms. The Hall–Kier alpha value is -2.31. The van der Waals surface area contributed by atoms with Gasteiger partial charge in [-0.05, 0) is 18.6 Å². The molecule has 2 aromatic rings. The highest BCUT2D eigenvalue weighted by molar-refractivity contribution is 6.04. The van der Waals surface area contributed by atoms with E-state index < -0.39 is 17.4 Å². The van der Waals surface area contributed by atoms with Crippen molar-refractivity contribution in [3.05, 3.63) is 58.7 Å². The van der Waals surface area contributed by atoms with Crippen LogP contribution in [-0.2, 0) is 15.3 Å². The van der Waals surface area contributed by atoms with Crippen LogP contribution in [0.5, 0.6) is 11.5 Å². The molecule has 1 aliphatic carbocycles. The molecule has 2 aromatic carbocycles. The van der Waals surface area contributed by atoms with Crippen LogP contribution >= 0.6 is 0 Å². The van der Waals surface area contributed by atoms with Gasteiger partial charge in [-0.1, -0.05) is 6.07 Å². The second-order valence-electron chi connectivity index (χ2n) is 5.89. The standard InChI is InChI=1S/C18H14F2O4/c1-10-2-3-15(24-13-7-11(19)6-12(20)8-13)16-14(21)9-18(17(10)16)22-4-5-23-18/h2-3,6-8H,4-5,9H2,1H3. The molecule has 2 aliphatic rings. The Kier molecular flexibility index (Phi) is 3.40. The average Bonchev–Trinajstić information content (AvgIpc) is 3.07. The van der Waals surface area contributed by atoms with Crippen molar-refractivity contribution in [3.8, 4) is 11.5 Å². The number of aryl methyl sites for hydroxylation is 1. The van der Waals surface area contributed by atoms with Gasteiger partial charge in [0.1, 0.15) is 23.1 Å². The van der Waals surface area contributed by atoms with Crippen molar-refractivity contribution in [1.29, 1.82) is 0 Å². The first-order chi connectivity index (χ1) is 11.5. The summed E-state index contributed by atoms with van der Waals surface area (Å²) in [6, 6.07) is 6.27. The molecular formula is C18H14F2O4. The Morgan fingerprint density at radius 2 is 1.75 bits per heavy atom. The molecule has 0 bridgehead atoms. The normalized spacial score (nSPS) is 18.2. The van der Waals surface area contributed by atoms with Gasteiger partial charge in [-0.25, -0.2) is 8.78 Å². The van der Waals surface area contributed by atoms with Gasteiger partial charge in [0.2, 0.25) is 5.79 Å². The van der Waals surface area contributed by atoms with Crippen LogP contribution in [0.3, 0.4) is 0 Å². The van der Waals surface area contributed by atoms with Crippen LogP contribution in [0, 0.1) is 18.6 Å². The molecular weight excluding hydrogens is 318 g/mol. The van der Waals surface area contributed by atoms with Crippen molar-refractivity contribution < 1.29 is 27.8 Å². The van der Waals surface area contributed by atoms with Crippen LogP contribution in [0.1, 0.15) is 27.9 Å². The molecule has 0 unspecified atom stereocenters. The van der Waals surface area contributed by atoms with Crippen molar-refractivity contribution in [2.75, 3.05) is 13.2 Å². The van der Waals surface area contributed by atoms with E-state index >= 15 is 0 Å². The number of hydrogen-bond acceptors (Lipinski definition) is 4. The lowest BCUT2D eigenvalue weighted by molar-refractivity contribution is -0.158. The predicted molar refractivity (Wildman–Crippen MR) is 80.1 cm³/mol. The highest BCUT2D eigenvalue weighted by Crippen LogP contribution is 2.48. The summed E-state index contributed by atoms with van der Waals surface area (Å²) < 4.78 is 43.7. The summed E-state index contributed by atoms with van der Waals surface area (Å²) >= 11 is 0. The van der Waals surface area contributed by atoms with Crippen molar-refractivity contribution in [3.63, 3.8) is 0 Å². The third kappa shape index (κ3) is 2.30. The zero-order valence-electron chi connectivity index (χ0n) is 12.9. The molecule has 0 radical (unpaired) electrons. The molecule has 1 aliphatic heterocycles. The molecule has 4 nitrogen and oxygen atoms in total. The predicted octanol–water partition coefficient (Wildman–Crippen LogP) is 3.85. The van der Waals surface area contributed by atoms with E-state index in [4.69, 9.17) is 14.2 Å². The van der Waals surface area contributed by atoms with E-state index in [0.717, 1.165) is 23.8 Å². The second-order valence-corrected chi connectivity index (χ2v) is 5.89. The van der Waals surface area contributed by atoms with Crippen LogP contribution in [0.25, 0.3) is 0 Å². The molecule has 1 saturated heterocycles. The monoisotopic (exact) mass is 332 g/mol. The summed E-state index contributed by atoms with van der Waals surface area (Å²) in [5.41, 5.74) is 1.83. The molecule has 0 aromatic heterocycles. The van der Waals surface area contributed by atoms with Gasteiger partial charge in [-0.2, -0.15) is 0 Å². The van der Waals surface area contributed by atoms with E-state index in [-0.39, 0.29) is 23.7 Å². The van der Waals surface area contributed by atoms with E-state index in [2.05, 4.69) is 0 Å². The molecule has 0 amide bonds. The largest absolute Gasteiger partial charge is 0.456 e. The van der Waals surface area contributed by atoms with Gasteiger partial charge >= 0.3 is 0 Å². The lowest BCUT2D eigenvalue weighted by Gasteiger charge is -2.24. The first-order valence-corrected chi connectivity index (χ1v) is 7.58. The number of carbonyl (C=O) groups excluding carboxylic acids is 1. The summed E-state index contributed by atoms with van der Waals surface area (Å²) in [7, 11) is 0. The maximum absolute atomic E-state index is 13.4. The molecule has 1 fully saturated rings. The summed E-state index contributed by atoms with van der Waals surface area (Å²) in [5.74, 6) is -2.52. The van der Waals surface area contributed by atoms with Crippen molar-refractivity contribution >= 4 is 5.78 Å². The number of fused-ring (bicyclic) bond motifs is 2. The lowest BCUT2D eigenvalue weighted by atomic mass is 10.00. The van der Waals surface area contributed by atoms with Gasteiger partial charge in [0.15, 0.2) is 5.78 Å². The Bertz CT molecular complexity index is 821. The zero-order valence-corrected chi connectivity index (χ0v) is 12.9. The van der Waals surface area contributed by atoms with E-state index in [9.17, 15) is 13.6 Å². The summed E-state index contributed by atoms with van der Waals surface area (Å²) in [4.78, 5) is 12.5. The molecule has 124 valence electrons. The maximum Gasteiger partial charge on any atom is 0.203 e. The topological polar surface area (TPSA) is 44.8 Å². The fraction of sp³-hybridized carbons (Fsp3) is 0.278. The van der Waals surface area contributed by atoms with Crippen molar-refractivity contribution in [2.45, 2.75) is 19.1 Å². The van der Waals surface area contributed by atoms with Crippen LogP contribution in [0.2, 0.25) is 0 Å². The van der Waals surface area contributed by atoms with Gasteiger partial charge in [0.25, 0.3) is 0 Å². The molecule has 0 N–H and O–H groups in total. The van der Waals surface area contributed by atoms with E-state index in [0.29, 0.717) is 24.3 Å². The zero-order chi connectivity index (χ0) is 16.9. The number of Topliss-reactive ketones (excluding diaryl/α,β-unsaturated/α-hetero) is 1. The van der Waals surface area contributed by atoms with Gasteiger partial charge in [-0.15, -0.1) is 0 Å². The molecule has 24 heavy (non-hydrogen) atoms. The minimum absolute atomic E-state index is 0.0134. The fourth-order valence-corrected chi connectivity index (χ4v) is 3.34. The van der Waals surface area contributed by atoms with E-state index in [1.165, 1.54) is 0 Å². The van der Waals surface area contributed by atoms with Gasteiger partial charge < -0.3 is 14.2 Å². The summed E-state index contributed by atoms with van der Waals surface area (Å²) in [6.45, 7) is 2.68. The molecule has 1 heterocycles. The fourth-order valence-electron chi connectivity index (χ4n) is 3.34. The summed E-state index contributed by atoms with van der Waals surface area (Å²) in [5, 5.41) is 0. The third-order valence-corrected chi connectivity index (χ3v) is 4.25. The number of halogens is 2. The van der Waals surface area contributed by atoms with Crippen molar-refractivity contribution in [1.82, 2.24) is 0 Å². The highest BCUT2D eigenvalue weighted by atomic mass is 19.1. The minimum Gasteiger partial charge on any atom is -0.456 e. The van der Waals surface area contributed by atoms with Gasteiger partial charge in [-0.3, -0.25) is 4.79 Å². The number of rotatable bonds is 2. The Morgan fingerprint density at radius 3 is 2.42 bits per heavy atom. The first kappa shape index (κ1) is 15.2. The van der Waals surface area contributed by atoms with E-state index in [1.807, 2.05) is 6.92 Å². The number of carbonyl (C=O) groups is 1. The Morgan fingerprint density at radius 1 is 1.08 bits per heavy atom. The number of ether oxygens (including phenoxy) is 3. The van der Waals surface area contributed by atoms with Crippen LogP contribution in [-0.4, -0.2) is 19.0 Å². The van der Waals surface area contributed by atoms with Crippen LogP contribution in [0.4, 0.5) is 8.78 Å². The highest BCUT2D eigenvalue weighted by Gasteiger charge is 2.50. The van der Waals surface area contributed by atoms with Gasteiger partial charge in [0, 0.05) is 23.8 Å². The molecule has 6 heteroatoms. The minimum atomic E-state index is -1.07. The van der Waals surface area contributed by atoms with Crippen LogP contribution < -0.4 is 4.74 Å². The maximum atomic E-state index is 13.4. The quantitative estimate of drug-likeness (QED) is 0.838. The first-order valence-electron chi connectivity index (χ1n) is 7.58. The molecule has 0 atom stereocenters. The van der Waals surface area contributed by atoms with E-state index in [1.54, 1.807) is 12.1 Å². The molecule has 0 saturated carbocycles. The SMILES string of the molecule is Cc1ccc(Oc2cc(F)cc(F)c2)c2c1C1(CC2=O)OCCO1. The van der Waals surface area contributed by atoms with Crippen molar-refractivity contribution in [2.24, 2.45) is 0 Å². The Labute approximate surface area is 136 Å². The number of ketones is 1. The third-order valence-electron chi connectivity index (χ3n) is 4.25. The Balaban J connectivity index is 1.81. The lowest BCUT2D eigenvalue weighted by Crippen LogP contribution is -2.25. The van der Waals surface area contributed by atoms with Gasteiger partial charge in [0.05, 0.1) is 25.2 Å². The number of hydrogen-bond donors (Lipinski definition) is 0.